The van der Waals surface area contributed by atoms with E-state index in [0.29, 0.717) is 31.6 Å². The lowest BCUT2D eigenvalue weighted by molar-refractivity contribution is -0.135. The molecule has 28 heavy (non-hydrogen) atoms. The number of aryl methyl sites for hydroxylation is 1. The summed E-state index contributed by atoms with van der Waals surface area (Å²) in [5, 5.41) is 0. The lowest BCUT2D eigenvalue weighted by atomic mass is 9.85. The van der Waals surface area contributed by atoms with E-state index >= 15 is 0 Å². The average molecular weight is 379 g/mol. The average Bonchev–Trinajstić information content (AvgIpc) is 3.28. The first kappa shape index (κ1) is 18.5. The zero-order valence-electron chi connectivity index (χ0n) is 16.1. The van der Waals surface area contributed by atoms with E-state index in [-0.39, 0.29) is 17.4 Å². The summed E-state index contributed by atoms with van der Waals surface area (Å²) in [6.45, 7) is 2.47. The topological polar surface area (TPSA) is 62.6 Å². The summed E-state index contributed by atoms with van der Waals surface area (Å²) in [5.41, 5.74) is 0.965. The van der Waals surface area contributed by atoms with Crippen molar-refractivity contribution < 1.29 is 9.59 Å². The van der Waals surface area contributed by atoms with Crippen LogP contribution >= 0.6 is 0 Å². The second-order valence-corrected chi connectivity index (χ2v) is 7.90. The van der Waals surface area contributed by atoms with Gasteiger partial charge < -0.3 is 14.4 Å². The van der Waals surface area contributed by atoms with Crippen molar-refractivity contribution in [3.63, 3.8) is 0 Å². The lowest BCUT2D eigenvalue weighted by Crippen LogP contribution is -2.39. The van der Waals surface area contributed by atoms with Gasteiger partial charge in [0.15, 0.2) is 0 Å². The van der Waals surface area contributed by atoms with Gasteiger partial charge in [0.2, 0.25) is 5.91 Å². The molecule has 2 aliphatic rings. The summed E-state index contributed by atoms with van der Waals surface area (Å²) in [7, 11) is 1.66. The Bertz CT molecular complexity index is 953. The Kier molecular flexibility index (Phi) is 4.79. The molecule has 0 radical (unpaired) electrons. The Labute approximate surface area is 164 Å². The van der Waals surface area contributed by atoms with Gasteiger partial charge in [-0.1, -0.05) is 30.3 Å². The van der Waals surface area contributed by atoms with Gasteiger partial charge in [-0.2, -0.15) is 0 Å². The molecule has 2 amide bonds. The summed E-state index contributed by atoms with van der Waals surface area (Å²) in [6.07, 6.45) is 3.94. The van der Waals surface area contributed by atoms with Crippen molar-refractivity contribution in [2.45, 2.75) is 19.3 Å². The molecule has 1 unspecified atom stereocenters. The predicted molar refractivity (Wildman–Crippen MR) is 106 cm³/mol. The molecular weight excluding hydrogens is 354 g/mol. The standard InChI is InChI=1S/C22H25N3O3/c1-23-11-8-18(15-19(23)26)20(27)25-14-10-22(16-25)9-13-24(21(22)28)12-7-17-5-3-2-4-6-17/h2-6,8,11,15H,7,9-10,12-14,16H2,1H3. The third-order valence-corrected chi connectivity index (χ3v) is 6.11. The fourth-order valence-corrected chi connectivity index (χ4v) is 4.30. The number of hydrogen-bond donors (Lipinski definition) is 0. The number of likely N-dealkylation sites (tertiary alicyclic amines) is 2. The van der Waals surface area contributed by atoms with Gasteiger partial charge in [-0.05, 0) is 30.9 Å². The third-order valence-electron chi connectivity index (χ3n) is 6.11. The van der Waals surface area contributed by atoms with E-state index in [9.17, 15) is 14.4 Å². The van der Waals surface area contributed by atoms with Gasteiger partial charge in [0.1, 0.15) is 0 Å². The molecule has 2 saturated heterocycles. The van der Waals surface area contributed by atoms with E-state index < -0.39 is 5.41 Å². The van der Waals surface area contributed by atoms with Crippen LogP contribution in [0.1, 0.15) is 28.8 Å². The third kappa shape index (κ3) is 3.35. The molecule has 1 aromatic carbocycles. The second kappa shape index (κ2) is 7.26. The number of nitrogens with zero attached hydrogens (tertiary/aromatic N) is 3. The van der Waals surface area contributed by atoms with E-state index in [1.54, 1.807) is 24.2 Å². The molecule has 0 N–H and O–H groups in total. The smallest absolute Gasteiger partial charge is 0.254 e. The molecule has 0 bridgehead atoms. The fraction of sp³-hybridized carbons (Fsp3) is 0.409. The minimum absolute atomic E-state index is 0.162. The minimum Gasteiger partial charge on any atom is -0.342 e. The largest absolute Gasteiger partial charge is 0.342 e. The number of aromatic nitrogens is 1. The van der Waals surface area contributed by atoms with E-state index in [1.807, 2.05) is 23.1 Å². The predicted octanol–water partition coefficient (Wildman–Crippen LogP) is 1.69. The molecule has 6 heteroatoms. The summed E-state index contributed by atoms with van der Waals surface area (Å²) >= 11 is 0. The minimum atomic E-state index is -0.452. The van der Waals surface area contributed by atoms with Crippen molar-refractivity contribution in [2.75, 3.05) is 26.2 Å². The Hall–Kier alpha value is -2.89. The molecule has 2 fully saturated rings. The molecule has 1 atom stereocenters. The van der Waals surface area contributed by atoms with Crippen LogP contribution in [0.5, 0.6) is 0 Å². The number of carbonyl (C=O) groups is 2. The molecule has 2 aliphatic heterocycles. The molecule has 4 rings (SSSR count). The van der Waals surface area contributed by atoms with Crippen LogP contribution in [0.3, 0.4) is 0 Å². The highest BCUT2D eigenvalue weighted by Crippen LogP contribution is 2.41. The molecule has 6 nitrogen and oxygen atoms in total. The number of rotatable bonds is 4. The SMILES string of the molecule is Cn1ccc(C(=O)N2CCC3(CCN(CCc4ccccc4)C3=O)C2)cc1=O. The van der Waals surface area contributed by atoms with Gasteiger partial charge in [-0.25, -0.2) is 0 Å². The number of amides is 2. The number of hydrogen-bond acceptors (Lipinski definition) is 3. The Morgan fingerprint density at radius 1 is 1.07 bits per heavy atom. The van der Waals surface area contributed by atoms with Gasteiger partial charge in [-0.15, -0.1) is 0 Å². The summed E-state index contributed by atoms with van der Waals surface area (Å²) in [4.78, 5) is 41.4. The zero-order chi connectivity index (χ0) is 19.7. The van der Waals surface area contributed by atoms with E-state index in [4.69, 9.17) is 0 Å². The van der Waals surface area contributed by atoms with Gasteiger partial charge in [0.25, 0.3) is 11.5 Å². The fourth-order valence-electron chi connectivity index (χ4n) is 4.30. The van der Waals surface area contributed by atoms with Crippen molar-refractivity contribution in [3.8, 4) is 0 Å². The van der Waals surface area contributed by atoms with Gasteiger partial charge in [0.05, 0.1) is 5.41 Å². The quantitative estimate of drug-likeness (QED) is 0.812. The first-order valence-electron chi connectivity index (χ1n) is 9.78. The highest BCUT2D eigenvalue weighted by atomic mass is 16.2. The van der Waals surface area contributed by atoms with Crippen molar-refractivity contribution in [1.29, 1.82) is 0 Å². The maximum absolute atomic E-state index is 13.1. The molecule has 146 valence electrons. The van der Waals surface area contributed by atoms with Crippen LogP contribution < -0.4 is 5.56 Å². The second-order valence-electron chi connectivity index (χ2n) is 7.90. The van der Waals surface area contributed by atoms with Gasteiger partial charge >= 0.3 is 0 Å². The first-order chi connectivity index (χ1) is 13.5. The Morgan fingerprint density at radius 3 is 2.57 bits per heavy atom. The number of carbonyl (C=O) groups excluding carboxylic acids is 2. The zero-order valence-corrected chi connectivity index (χ0v) is 16.1. The van der Waals surface area contributed by atoms with Crippen molar-refractivity contribution in [2.24, 2.45) is 12.5 Å². The van der Waals surface area contributed by atoms with Crippen LogP contribution in [-0.2, 0) is 18.3 Å². The number of benzene rings is 1. The maximum atomic E-state index is 13.1. The van der Waals surface area contributed by atoms with Crippen LogP contribution in [0.4, 0.5) is 0 Å². The highest BCUT2D eigenvalue weighted by Gasteiger charge is 2.51. The van der Waals surface area contributed by atoms with Crippen molar-refractivity contribution in [3.05, 3.63) is 70.1 Å². The van der Waals surface area contributed by atoms with E-state index in [0.717, 1.165) is 19.4 Å². The molecule has 0 saturated carbocycles. The van der Waals surface area contributed by atoms with Crippen LogP contribution in [0.2, 0.25) is 0 Å². The number of pyridine rings is 1. The molecule has 3 heterocycles. The monoisotopic (exact) mass is 379 g/mol. The van der Waals surface area contributed by atoms with Crippen LogP contribution in [0, 0.1) is 5.41 Å². The summed E-state index contributed by atoms with van der Waals surface area (Å²) in [5.74, 6) is 0.00724. The molecule has 1 aromatic heterocycles. The lowest BCUT2D eigenvalue weighted by Gasteiger charge is -2.24. The molecular formula is C22H25N3O3. The van der Waals surface area contributed by atoms with Crippen LogP contribution in [-0.4, -0.2) is 52.4 Å². The molecule has 2 aromatic rings. The van der Waals surface area contributed by atoms with E-state index in [2.05, 4.69) is 12.1 Å². The summed E-state index contributed by atoms with van der Waals surface area (Å²) in [6, 6.07) is 13.2. The normalized spacial score (nSPS) is 21.7. The van der Waals surface area contributed by atoms with Gasteiger partial charge in [0, 0.05) is 51.1 Å². The van der Waals surface area contributed by atoms with Crippen LogP contribution in [0.25, 0.3) is 0 Å². The van der Waals surface area contributed by atoms with Crippen LogP contribution in [0.15, 0.2) is 53.5 Å². The maximum Gasteiger partial charge on any atom is 0.254 e. The first-order valence-corrected chi connectivity index (χ1v) is 9.78. The summed E-state index contributed by atoms with van der Waals surface area (Å²) < 4.78 is 1.44. The highest BCUT2D eigenvalue weighted by molar-refractivity contribution is 5.95. The molecule has 1 spiro atoms. The van der Waals surface area contributed by atoms with Crippen molar-refractivity contribution >= 4 is 11.8 Å². The van der Waals surface area contributed by atoms with E-state index in [1.165, 1.54) is 16.2 Å². The van der Waals surface area contributed by atoms with Crippen molar-refractivity contribution in [1.82, 2.24) is 14.4 Å². The Morgan fingerprint density at radius 2 is 1.82 bits per heavy atom. The Balaban J connectivity index is 1.41. The van der Waals surface area contributed by atoms with Gasteiger partial charge in [-0.3, -0.25) is 14.4 Å². The molecule has 0 aliphatic carbocycles.